The van der Waals surface area contributed by atoms with Crippen LogP contribution in [0.1, 0.15) is 16.7 Å². The summed E-state index contributed by atoms with van der Waals surface area (Å²) in [7, 11) is -4.19. The molecule has 3 aromatic rings. The third kappa shape index (κ3) is 5.58. The van der Waals surface area contributed by atoms with Gasteiger partial charge in [-0.2, -0.15) is 8.42 Å². The second kappa shape index (κ2) is 9.72. The van der Waals surface area contributed by atoms with Gasteiger partial charge in [-0.15, -0.1) is 0 Å². The maximum Gasteiger partial charge on any atom is 0.339 e. The highest BCUT2D eigenvalue weighted by Gasteiger charge is 2.35. The lowest BCUT2D eigenvalue weighted by Crippen LogP contribution is -2.27. The first-order chi connectivity index (χ1) is 16.6. The second-order valence-corrected chi connectivity index (χ2v) is 10.2. The zero-order chi connectivity index (χ0) is 25.2. The van der Waals surface area contributed by atoms with Crippen molar-refractivity contribution < 1.29 is 27.1 Å². The summed E-state index contributed by atoms with van der Waals surface area (Å²) in [6, 6.07) is 17.8. The van der Waals surface area contributed by atoms with Gasteiger partial charge >= 0.3 is 10.1 Å². The van der Waals surface area contributed by atoms with Crippen molar-refractivity contribution in [1.29, 1.82) is 0 Å². The van der Waals surface area contributed by atoms with E-state index in [1.165, 1.54) is 17.0 Å². The summed E-state index contributed by atoms with van der Waals surface area (Å²) < 4.78 is 30.0. The number of carbonyl (C=O) groups is 2. The Morgan fingerprint density at radius 3 is 2.34 bits per heavy atom. The van der Waals surface area contributed by atoms with Crippen LogP contribution in [-0.4, -0.2) is 29.4 Å². The Morgan fingerprint density at radius 1 is 1.03 bits per heavy atom. The van der Waals surface area contributed by atoms with Crippen LogP contribution < -0.4 is 4.18 Å². The molecule has 4 rings (SSSR count). The summed E-state index contributed by atoms with van der Waals surface area (Å²) in [6.45, 7) is 2.11. The van der Waals surface area contributed by atoms with Crippen molar-refractivity contribution in [3.8, 4) is 5.75 Å². The summed E-state index contributed by atoms with van der Waals surface area (Å²) in [5, 5.41) is 10.4. The third-order valence-corrected chi connectivity index (χ3v) is 7.19. The van der Waals surface area contributed by atoms with Crippen molar-refractivity contribution in [2.45, 2.75) is 18.4 Å². The van der Waals surface area contributed by atoms with Crippen molar-refractivity contribution in [2.75, 3.05) is 0 Å². The maximum absolute atomic E-state index is 12.8. The molecule has 1 fully saturated rings. The molecule has 2 amide bonds. The smallest absolute Gasteiger partial charge is 0.339 e. The summed E-state index contributed by atoms with van der Waals surface area (Å²) in [5.41, 5.74) is 2.22. The van der Waals surface area contributed by atoms with E-state index < -0.39 is 20.9 Å². The molecule has 35 heavy (non-hydrogen) atoms. The average molecular weight is 511 g/mol. The van der Waals surface area contributed by atoms with Crippen molar-refractivity contribution in [3.63, 3.8) is 0 Å². The number of nitro groups is 1. The van der Waals surface area contributed by atoms with Gasteiger partial charge in [0.05, 0.1) is 16.4 Å². The van der Waals surface area contributed by atoms with Crippen molar-refractivity contribution in [3.05, 3.63) is 105 Å². The van der Waals surface area contributed by atoms with Crippen LogP contribution in [0.3, 0.4) is 0 Å². The first-order valence-electron chi connectivity index (χ1n) is 10.2. The summed E-state index contributed by atoms with van der Waals surface area (Å²) >= 11 is 0.838. The van der Waals surface area contributed by atoms with E-state index in [2.05, 4.69) is 0 Å². The zero-order valence-electron chi connectivity index (χ0n) is 18.3. The van der Waals surface area contributed by atoms with Gasteiger partial charge in [-0.05, 0) is 60.2 Å². The molecule has 0 atom stereocenters. The Hall–Kier alpha value is -3.96. The molecule has 0 aromatic heterocycles. The molecular weight excluding hydrogens is 492 g/mol. The van der Waals surface area contributed by atoms with Gasteiger partial charge in [-0.25, -0.2) is 0 Å². The van der Waals surface area contributed by atoms with E-state index in [0.29, 0.717) is 5.56 Å². The fourth-order valence-electron chi connectivity index (χ4n) is 3.31. The number of amides is 2. The predicted octanol–water partition coefficient (Wildman–Crippen LogP) is 4.91. The number of rotatable bonds is 7. The Morgan fingerprint density at radius 2 is 1.71 bits per heavy atom. The van der Waals surface area contributed by atoms with Crippen LogP contribution in [0, 0.1) is 17.0 Å². The lowest BCUT2D eigenvalue weighted by atomic mass is 10.1. The van der Waals surface area contributed by atoms with Gasteiger partial charge in [0.25, 0.3) is 16.8 Å². The quantitative estimate of drug-likeness (QED) is 0.190. The van der Waals surface area contributed by atoms with Crippen LogP contribution in [0.25, 0.3) is 6.08 Å². The van der Waals surface area contributed by atoms with Crippen LogP contribution in [0.2, 0.25) is 0 Å². The molecule has 0 aliphatic carbocycles. The molecule has 1 aliphatic heterocycles. The molecule has 0 saturated carbocycles. The molecule has 1 saturated heterocycles. The summed E-state index contributed by atoms with van der Waals surface area (Å²) in [5.74, 6) is -0.379. The van der Waals surface area contributed by atoms with E-state index in [0.717, 1.165) is 47.2 Å². The monoisotopic (exact) mass is 510 g/mol. The highest BCUT2D eigenvalue weighted by atomic mass is 32.2. The van der Waals surface area contributed by atoms with E-state index in [-0.39, 0.29) is 33.0 Å². The van der Waals surface area contributed by atoms with Gasteiger partial charge in [-0.1, -0.05) is 42.0 Å². The maximum atomic E-state index is 12.8. The molecule has 3 aromatic carbocycles. The molecule has 178 valence electrons. The highest BCUT2D eigenvalue weighted by Crippen LogP contribution is 2.33. The van der Waals surface area contributed by atoms with Gasteiger partial charge in [0.15, 0.2) is 0 Å². The molecule has 9 nitrogen and oxygen atoms in total. The van der Waals surface area contributed by atoms with Crippen LogP contribution in [-0.2, 0) is 21.5 Å². The lowest BCUT2D eigenvalue weighted by molar-refractivity contribution is -0.384. The number of non-ortho nitro benzene ring substituents is 1. The number of benzene rings is 3. The third-order valence-electron chi connectivity index (χ3n) is 5.02. The lowest BCUT2D eigenvalue weighted by Gasteiger charge is -2.12. The Kier molecular flexibility index (Phi) is 6.72. The topological polar surface area (TPSA) is 124 Å². The Labute approximate surface area is 205 Å². The number of carbonyl (C=O) groups excluding carboxylic acids is 2. The molecule has 0 N–H and O–H groups in total. The number of hydrogen-bond donors (Lipinski definition) is 0. The SMILES string of the molecule is Cc1cccc(CN2C(=O)S/C(=C\c3ccc(OS(=O)(=O)c4ccc([N+](=O)[O-])cc4)cc3)C2=O)c1. The summed E-state index contributed by atoms with van der Waals surface area (Å²) in [6.07, 6.45) is 1.55. The van der Waals surface area contributed by atoms with E-state index in [9.17, 15) is 28.1 Å². The first-order valence-corrected chi connectivity index (χ1v) is 12.4. The van der Waals surface area contributed by atoms with Gasteiger partial charge in [0, 0.05) is 12.1 Å². The van der Waals surface area contributed by atoms with Gasteiger partial charge < -0.3 is 4.18 Å². The van der Waals surface area contributed by atoms with Crippen molar-refractivity contribution >= 4 is 44.8 Å². The molecule has 1 aliphatic rings. The fourth-order valence-corrected chi connectivity index (χ4v) is 5.08. The van der Waals surface area contributed by atoms with E-state index in [4.69, 9.17) is 4.18 Å². The highest BCUT2D eigenvalue weighted by molar-refractivity contribution is 8.18. The van der Waals surface area contributed by atoms with E-state index in [1.54, 1.807) is 18.2 Å². The number of aryl methyl sites for hydroxylation is 1. The first kappa shape index (κ1) is 24.2. The largest absolute Gasteiger partial charge is 0.379 e. The van der Waals surface area contributed by atoms with Crippen LogP contribution in [0.4, 0.5) is 10.5 Å². The molecule has 0 unspecified atom stereocenters. The Balaban J connectivity index is 1.45. The van der Waals surface area contributed by atoms with E-state index >= 15 is 0 Å². The molecule has 0 spiro atoms. The number of nitro benzene ring substituents is 1. The molecule has 0 bridgehead atoms. The standard InChI is InChI=1S/C24H18N2O7S2/c1-16-3-2-4-18(13-16)15-25-23(27)22(34-24(25)28)14-17-5-9-20(10-6-17)33-35(31,32)21-11-7-19(8-12-21)26(29)30/h2-14H,15H2,1H3/b22-14-. The van der Waals surface area contributed by atoms with Crippen molar-refractivity contribution in [2.24, 2.45) is 0 Å². The Bertz CT molecular complexity index is 1450. The van der Waals surface area contributed by atoms with Gasteiger partial charge in [0.2, 0.25) is 0 Å². The number of hydrogen-bond acceptors (Lipinski definition) is 8. The van der Waals surface area contributed by atoms with Crippen LogP contribution in [0.15, 0.2) is 82.6 Å². The van der Waals surface area contributed by atoms with Crippen LogP contribution >= 0.6 is 11.8 Å². The molecule has 1 heterocycles. The molecule has 11 heteroatoms. The van der Waals surface area contributed by atoms with Crippen molar-refractivity contribution in [1.82, 2.24) is 4.90 Å². The van der Waals surface area contributed by atoms with Gasteiger partial charge in [-0.3, -0.25) is 24.6 Å². The molecular formula is C24H18N2O7S2. The van der Waals surface area contributed by atoms with E-state index in [1.807, 2.05) is 31.2 Å². The van der Waals surface area contributed by atoms with Gasteiger partial charge in [0.1, 0.15) is 10.6 Å². The second-order valence-electron chi connectivity index (χ2n) is 7.61. The minimum absolute atomic E-state index is 0.0213. The predicted molar refractivity (Wildman–Crippen MR) is 130 cm³/mol. The number of thioether (sulfide) groups is 1. The fraction of sp³-hybridized carbons (Fsp3) is 0.0833. The summed E-state index contributed by atoms with van der Waals surface area (Å²) in [4.78, 5) is 36.5. The average Bonchev–Trinajstić information content (AvgIpc) is 3.07. The van der Waals surface area contributed by atoms with Crippen LogP contribution in [0.5, 0.6) is 5.75 Å². The molecule has 0 radical (unpaired) electrons. The minimum Gasteiger partial charge on any atom is -0.379 e. The zero-order valence-corrected chi connectivity index (χ0v) is 19.9. The number of imide groups is 1. The minimum atomic E-state index is -4.19. The normalized spacial score (nSPS) is 15.0. The number of nitrogens with zero attached hydrogens (tertiary/aromatic N) is 2.